The minimum absolute atomic E-state index is 0.00621. The number of halogens is 1. The first-order chi connectivity index (χ1) is 7.76. The third-order valence-electron chi connectivity index (χ3n) is 2.77. The summed E-state index contributed by atoms with van der Waals surface area (Å²) in [5.74, 6) is 0.00621. The Kier molecular flexibility index (Phi) is 3.59. The van der Waals surface area contributed by atoms with Crippen molar-refractivity contribution in [2.75, 3.05) is 0 Å². The molecule has 0 saturated heterocycles. The molecule has 0 saturated carbocycles. The molecule has 1 aromatic carbocycles. The Labute approximate surface area is 100 Å². The molecule has 0 radical (unpaired) electrons. The summed E-state index contributed by atoms with van der Waals surface area (Å²) in [5, 5.41) is 1.06. The van der Waals surface area contributed by atoms with E-state index < -0.39 is 0 Å². The Hall–Kier alpha value is -0.890. The number of hydrogen-bond acceptors (Lipinski definition) is 1. The molecular weight excluding hydrogens is 219 g/mol. The normalized spacial score (nSPS) is 11.2. The van der Waals surface area contributed by atoms with Crippen LogP contribution in [-0.2, 0) is 12.8 Å². The van der Waals surface area contributed by atoms with Gasteiger partial charge in [0.1, 0.15) is 5.82 Å². The van der Waals surface area contributed by atoms with Gasteiger partial charge in [0.2, 0.25) is 0 Å². The van der Waals surface area contributed by atoms with Crippen molar-refractivity contribution in [1.82, 2.24) is 0 Å². The molecule has 0 unspecified atom stereocenters. The molecule has 2 rings (SSSR count). The number of aryl methyl sites for hydroxylation is 2. The molecule has 0 atom stereocenters. The van der Waals surface area contributed by atoms with E-state index in [1.165, 1.54) is 4.88 Å². The van der Waals surface area contributed by atoms with Gasteiger partial charge in [-0.1, -0.05) is 38.8 Å². The van der Waals surface area contributed by atoms with E-state index in [0.717, 1.165) is 41.3 Å². The molecule has 1 aromatic heterocycles. The second-order valence-corrected chi connectivity index (χ2v) is 5.31. The zero-order chi connectivity index (χ0) is 11.5. The van der Waals surface area contributed by atoms with Crippen LogP contribution < -0.4 is 0 Å². The van der Waals surface area contributed by atoms with Gasteiger partial charge >= 0.3 is 0 Å². The number of fused-ring (bicyclic) bond motifs is 1. The first-order valence-corrected chi connectivity index (χ1v) is 6.77. The van der Waals surface area contributed by atoms with Crippen LogP contribution in [0.3, 0.4) is 0 Å². The number of thiophene rings is 1. The maximum atomic E-state index is 14.1. The van der Waals surface area contributed by atoms with Crippen molar-refractivity contribution in [3.63, 3.8) is 0 Å². The summed E-state index contributed by atoms with van der Waals surface area (Å²) < 4.78 is 15.0. The van der Waals surface area contributed by atoms with Crippen molar-refractivity contribution in [1.29, 1.82) is 0 Å². The first-order valence-electron chi connectivity index (χ1n) is 5.96. The van der Waals surface area contributed by atoms with Gasteiger partial charge in [-0.25, -0.2) is 4.39 Å². The number of rotatable bonds is 4. The minimum atomic E-state index is 0.00621. The molecule has 1 heterocycles. The van der Waals surface area contributed by atoms with Gasteiger partial charge in [-0.3, -0.25) is 0 Å². The predicted octanol–water partition coefficient (Wildman–Crippen LogP) is 4.95. The molecule has 0 spiro atoms. The lowest BCUT2D eigenvalue weighted by atomic mass is 10.1. The van der Waals surface area contributed by atoms with E-state index in [9.17, 15) is 4.39 Å². The lowest BCUT2D eigenvalue weighted by molar-refractivity contribution is 0.621. The van der Waals surface area contributed by atoms with Gasteiger partial charge < -0.3 is 0 Å². The fourth-order valence-electron chi connectivity index (χ4n) is 2.00. The molecule has 0 aliphatic heterocycles. The summed E-state index contributed by atoms with van der Waals surface area (Å²) in [7, 11) is 0. The van der Waals surface area contributed by atoms with Crippen molar-refractivity contribution < 1.29 is 4.39 Å². The van der Waals surface area contributed by atoms with Gasteiger partial charge in [-0.2, -0.15) is 0 Å². The molecule has 0 nitrogen and oxygen atoms in total. The second-order valence-electron chi connectivity index (χ2n) is 4.17. The van der Waals surface area contributed by atoms with Crippen LogP contribution in [0.1, 0.15) is 37.1 Å². The Balaban J connectivity index is 2.47. The largest absolute Gasteiger partial charge is 0.205 e. The lowest BCUT2D eigenvalue weighted by Crippen LogP contribution is -1.88. The third kappa shape index (κ3) is 2.12. The van der Waals surface area contributed by atoms with E-state index in [1.807, 2.05) is 6.07 Å². The summed E-state index contributed by atoms with van der Waals surface area (Å²) in [4.78, 5) is 1.30. The van der Waals surface area contributed by atoms with Crippen LogP contribution in [0.15, 0.2) is 18.2 Å². The highest BCUT2D eigenvalue weighted by Gasteiger charge is 2.10. The monoisotopic (exact) mass is 236 g/mol. The fourth-order valence-corrected chi connectivity index (χ4v) is 3.21. The van der Waals surface area contributed by atoms with E-state index in [2.05, 4.69) is 26.0 Å². The van der Waals surface area contributed by atoms with E-state index >= 15 is 0 Å². The van der Waals surface area contributed by atoms with Gasteiger partial charge in [-0.15, -0.1) is 11.3 Å². The van der Waals surface area contributed by atoms with E-state index in [1.54, 1.807) is 11.3 Å². The number of hydrogen-bond donors (Lipinski definition) is 0. The molecule has 2 heteroatoms. The quantitative estimate of drug-likeness (QED) is 0.705. The van der Waals surface area contributed by atoms with Crippen LogP contribution in [0.4, 0.5) is 4.39 Å². The highest BCUT2D eigenvalue weighted by molar-refractivity contribution is 7.19. The Morgan fingerprint density at radius 3 is 2.56 bits per heavy atom. The molecule has 0 aliphatic carbocycles. The van der Waals surface area contributed by atoms with Crippen molar-refractivity contribution in [2.24, 2.45) is 0 Å². The Morgan fingerprint density at radius 1 is 1.12 bits per heavy atom. The maximum absolute atomic E-state index is 14.1. The van der Waals surface area contributed by atoms with Gasteiger partial charge in [0.15, 0.2) is 0 Å². The molecule has 0 amide bonds. The summed E-state index contributed by atoms with van der Waals surface area (Å²) in [5.41, 5.74) is 0.861. The molecule has 16 heavy (non-hydrogen) atoms. The molecule has 0 fully saturated rings. The third-order valence-corrected chi connectivity index (χ3v) is 3.98. The number of benzene rings is 1. The summed E-state index contributed by atoms with van der Waals surface area (Å²) >= 11 is 1.61. The summed E-state index contributed by atoms with van der Waals surface area (Å²) in [6, 6.07) is 6.12. The van der Waals surface area contributed by atoms with Crippen molar-refractivity contribution in [2.45, 2.75) is 39.5 Å². The topological polar surface area (TPSA) is 0 Å². The van der Waals surface area contributed by atoms with Crippen LogP contribution in [-0.4, -0.2) is 0 Å². The molecule has 0 aliphatic rings. The Bertz CT molecular complexity index is 485. The van der Waals surface area contributed by atoms with E-state index in [4.69, 9.17) is 0 Å². The van der Waals surface area contributed by atoms with Crippen LogP contribution in [0.2, 0.25) is 0 Å². The zero-order valence-corrected chi connectivity index (χ0v) is 10.7. The fraction of sp³-hybridized carbons (Fsp3) is 0.429. The smallest absolute Gasteiger partial charge is 0.144 e. The van der Waals surface area contributed by atoms with E-state index in [0.29, 0.717) is 0 Å². The highest BCUT2D eigenvalue weighted by Crippen LogP contribution is 2.31. The predicted molar refractivity (Wildman–Crippen MR) is 69.8 cm³/mol. The average molecular weight is 236 g/mol. The van der Waals surface area contributed by atoms with Crippen molar-refractivity contribution in [3.8, 4) is 0 Å². The van der Waals surface area contributed by atoms with Gasteiger partial charge in [0.25, 0.3) is 0 Å². The van der Waals surface area contributed by atoms with Crippen LogP contribution >= 0.6 is 11.3 Å². The van der Waals surface area contributed by atoms with Crippen molar-refractivity contribution in [3.05, 3.63) is 34.5 Å². The second kappa shape index (κ2) is 4.96. The first kappa shape index (κ1) is 11.6. The molecule has 86 valence electrons. The highest BCUT2D eigenvalue weighted by atomic mass is 32.1. The van der Waals surface area contributed by atoms with Gasteiger partial charge in [0.05, 0.1) is 4.70 Å². The maximum Gasteiger partial charge on any atom is 0.144 e. The van der Waals surface area contributed by atoms with Crippen LogP contribution in [0, 0.1) is 5.82 Å². The molecule has 0 bridgehead atoms. The van der Waals surface area contributed by atoms with Gasteiger partial charge in [0, 0.05) is 4.88 Å². The SMILES string of the molecule is CCCc1cc2ccc(CCC)c(F)c2s1. The van der Waals surface area contributed by atoms with Crippen LogP contribution in [0.25, 0.3) is 10.1 Å². The molecular formula is C14H17FS. The minimum Gasteiger partial charge on any atom is -0.205 e. The zero-order valence-electron chi connectivity index (χ0n) is 9.85. The standard InChI is InChI=1S/C14H17FS/c1-3-5-10-7-8-11-9-12(6-4-2)16-14(11)13(10)15/h7-9H,3-6H2,1-2H3. The van der Waals surface area contributed by atoms with Crippen molar-refractivity contribution >= 4 is 21.4 Å². The Morgan fingerprint density at radius 2 is 1.88 bits per heavy atom. The molecule has 0 N–H and O–H groups in total. The van der Waals surface area contributed by atoms with E-state index in [-0.39, 0.29) is 5.82 Å². The lowest BCUT2D eigenvalue weighted by Gasteiger charge is -2.01. The van der Waals surface area contributed by atoms with Crippen LogP contribution in [0.5, 0.6) is 0 Å². The summed E-state index contributed by atoms with van der Waals surface area (Å²) in [6.45, 7) is 4.24. The summed E-state index contributed by atoms with van der Waals surface area (Å²) in [6.07, 6.45) is 4.01. The average Bonchev–Trinajstić information content (AvgIpc) is 2.67. The molecule has 2 aromatic rings. The van der Waals surface area contributed by atoms with Gasteiger partial charge in [-0.05, 0) is 29.9 Å².